The van der Waals surface area contributed by atoms with Crippen molar-refractivity contribution in [1.82, 2.24) is 0 Å². The molecule has 0 aromatic heterocycles. The first-order chi connectivity index (χ1) is 14.1. The average Bonchev–Trinajstić information content (AvgIpc) is 3.14. The summed E-state index contributed by atoms with van der Waals surface area (Å²) in [6, 6.07) is 12.4. The van der Waals surface area contributed by atoms with E-state index in [0.717, 1.165) is 17.7 Å². The molecule has 1 aliphatic heterocycles. The zero-order valence-electron chi connectivity index (χ0n) is 17.3. The van der Waals surface area contributed by atoms with Crippen molar-refractivity contribution in [2.24, 2.45) is 0 Å². The summed E-state index contributed by atoms with van der Waals surface area (Å²) in [4.78, 5) is 14.9. The number of alkyl halides is 1. The Hall–Kier alpha value is -2.36. The van der Waals surface area contributed by atoms with Crippen LogP contribution in [0, 0.1) is 0 Å². The summed E-state index contributed by atoms with van der Waals surface area (Å²) in [7, 11) is 1.68. The number of methoxy groups -OCH3 is 1. The van der Waals surface area contributed by atoms with Crippen LogP contribution in [0.4, 0.5) is 5.69 Å². The van der Waals surface area contributed by atoms with Gasteiger partial charge in [0.05, 0.1) is 6.10 Å². The highest BCUT2D eigenvalue weighted by Gasteiger charge is 2.32. The number of carbonyl (C=O) groups is 1. The lowest BCUT2D eigenvalue weighted by Gasteiger charge is -2.16. The molecule has 0 bridgehead atoms. The lowest BCUT2D eigenvalue weighted by molar-refractivity contribution is -0.114. The van der Waals surface area contributed by atoms with Crippen LogP contribution in [0.3, 0.4) is 0 Å². The minimum absolute atomic E-state index is 0.0238. The highest BCUT2D eigenvalue weighted by atomic mass is 35.5. The molecule has 3 rings (SSSR count). The van der Waals surface area contributed by atoms with Gasteiger partial charge in [0.15, 0.2) is 0 Å². The lowest BCUT2D eigenvalue weighted by Crippen LogP contribution is -2.28. The van der Waals surface area contributed by atoms with E-state index in [0.29, 0.717) is 12.4 Å². The van der Waals surface area contributed by atoms with Crippen molar-refractivity contribution in [3.63, 3.8) is 0 Å². The molecule has 1 aliphatic rings. The van der Waals surface area contributed by atoms with Crippen molar-refractivity contribution in [2.75, 3.05) is 24.4 Å². The number of allylic oxidation sites excluding steroid dienone is 4. The summed E-state index contributed by atoms with van der Waals surface area (Å²) in [6.45, 7) is 4.67. The normalized spacial score (nSPS) is 18.1. The summed E-state index contributed by atoms with van der Waals surface area (Å²) >= 11 is 6.27. The number of anilines is 1. The van der Waals surface area contributed by atoms with Gasteiger partial charge in [0.1, 0.15) is 0 Å². The second-order valence-electron chi connectivity index (χ2n) is 7.27. The third-order valence-corrected chi connectivity index (χ3v) is 5.66. The fourth-order valence-electron chi connectivity index (χ4n) is 3.70. The molecule has 2 aromatic rings. The first kappa shape index (κ1) is 21.4. The number of ether oxygens (including phenoxy) is 1. The minimum atomic E-state index is -0.0238. The van der Waals surface area contributed by atoms with Crippen molar-refractivity contribution in [1.29, 1.82) is 0 Å². The molecule has 0 saturated heterocycles. The Bertz CT molecular complexity index is 960. The molecule has 2 atom stereocenters. The Kier molecular flexibility index (Phi) is 7.29. The predicted molar refractivity (Wildman–Crippen MR) is 123 cm³/mol. The Morgan fingerprint density at radius 1 is 1.24 bits per heavy atom. The summed E-state index contributed by atoms with van der Waals surface area (Å²) in [5.74, 6) is 0.611. The molecule has 0 radical (unpaired) electrons. The first-order valence-corrected chi connectivity index (χ1v) is 10.6. The predicted octanol–water partition coefficient (Wildman–Crippen LogP) is 5.99. The highest BCUT2D eigenvalue weighted by molar-refractivity contribution is 6.19. The number of nitrogens with zero attached hydrogens (tertiary/aromatic N) is 1. The van der Waals surface area contributed by atoms with E-state index in [4.69, 9.17) is 16.3 Å². The van der Waals surface area contributed by atoms with E-state index in [2.05, 4.69) is 31.2 Å². The van der Waals surface area contributed by atoms with Crippen molar-refractivity contribution < 1.29 is 9.53 Å². The largest absolute Gasteiger partial charge is 0.378 e. The third kappa shape index (κ3) is 4.80. The van der Waals surface area contributed by atoms with Gasteiger partial charge in [-0.1, -0.05) is 55.5 Å². The number of hydrogen-bond acceptors (Lipinski definition) is 2. The zero-order valence-corrected chi connectivity index (χ0v) is 18.0. The molecule has 0 spiro atoms. The van der Waals surface area contributed by atoms with Crippen LogP contribution >= 0.6 is 11.6 Å². The number of hydrogen-bond donors (Lipinski definition) is 0. The minimum Gasteiger partial charge on any atom is -0.378 e. The number of halogens is 1. The second-order valence-corrected chi connectivity index (χ2v) is 7.57. The number of carbonyl (C=O) groups excluding carboxylic acids is 1. The maximum Gasteiger partial charge on any atom is 0.251 e. The first-order valence-electron chi connectivity index (χ1n) is 10.1. The summed E-state index contributed by atoms with van der Waals surface area (Å²) < 4.78 is 5.26. The monoisotopic (exact) mass is 409 g/mol. The molecule has 4 heteroatoms. The Morgan fingerprint density at radius 3 is 2.76 bits per heavy atom. The van der Waals surface area contributed by atoms with E-state index in [-0.39, 0.29) is 17.9 Å². The van der Waals surface area contributed by atoms with Crippen LogP contribution in [-0.4, -0.2) is 31.5 Å². The molecule has 1 heterocycles. The van der Waals surface area contributed by atoms with E-state index in [1.807, 2.05) is 48.3 Å². The van der Waals surface area contributed by atoms with E-state index >= 15 is 0 Å². The molecular formula is C25H28ClNO2. The summed E-state index contributed by atoms with van der Waals surface area (Å²) in [5, 5.41) is 2.36. The van der Waals surface area contributed by atoms with Crippen LogP contribution in [0.5, 0.6) is 0 Å². The van der Waals surface area contributed by atoms with Crippen molar-refractivity contribution in [2.45, 2.75) is 32.3 Å². The Labute approximate surface area is 178 Å². The van der Waals surface area contributed by atoms with Gasteiger partial charge >= 0.3 is 0 Å². The molecule has 0 N–H and O–H groups in total. The SMILES string of the molecule is CC/C=C(\C=C/C(C)OC)/C=C/C(=O)N1CC(CCl)c2c1ccc1ccccc21. The van der Waals surface area contributed by atoms with Crippen LogP contribution in [0.25, 0.3) is 10.8 Å². The molecular weight excluding hydrogens is 382 g/mol. The van der Waals surface area contributed by atoms with E-state index in [1.54, 1.807) is 13.2 Å². The molecule has 1 amide bonds. The molecule has 29 heavy (non-hydrogen) atoms. The van der Waals surface area contributed by atoms with Gasteiger partial charge in [0.25, 0.3) is 5.91 Å². The van der Waals surface area contributed by atoms with Gasteiger partial charge in [0.2, 0.25) is 0 Å². The summed E-state index contributed by atoms with van der Waals surface area (Å²) in [6.07, 6.45) is 10.5. The quantitative estimate of drug-likeness (QED) is 0.319. The fourth-order valence-corrected chi connectivity index (χ4v) is 3.96. The molecule has 0 saturated carbocycles. The average molecular weight is 410 g/mol. The fraction of sp³-hybridized carbons (Fsp3) is 0.320. The van der Waals surface area contributed by atoms with Crippen LogP contribution in [0.15, 0.2) is 72.4 Å². The maximum absolute atomic E-state index is 13.0. The smallest absolute Gasteiger partial charge is 0.251 e. The molecule has 152 valence electrons. The lowest BCUT2D eigenvalue weighted by atomic mass is 9.96. The molecule has 3 nitrogen and oxygen atoms in total. The standard InChI is InChI=1S/C25H28ClNO2/c1-4-7-19(11-10-18(2)29-3)12-15-24(28)27-17-21(16-26)25-22-9-6-5-8-20(22)13-14-23(25)27/h5-15,18,21H,4,16-17H2,1-3H3/b11-10-,15-12+,19-7+. The van der Waals surface area contributed by atoms with Gasteiger partial charge in [0, 0.05) is 37.2 Å². The van der Waals surface area contributed by atoms with Gasteiger partial charge in [-0.15, -0.1) is 11.6 Å². The van der Waals surface area contributed by atoms with Gasteiger partial charge in [-0.25, -0.2) is 0 Å². The second kappa shape index (κ2) is 9.91. The van der Waals surface area contributed by atoms with Gasteiger partial charge in [-0.2, -0.15) is 0 Å². The van der Waals surface area contributed by atoms with Gasteiger partial charge in [-0.05, 0) is 47.4 Å². The summed E-state index contributed by atoms with van der Waals surface area (Å²) in [5.41, 5.74) is 3.14. The highest BCUT2D eigenvalue weighted by Crippen LogP contribution is 2.41. The van der Waals surface area contributed by atoms with Gasteiger partial charge in [-0.3, -0.25) is 4.79 Å². The zero-order chi connectivity index (χ0) is 20.8. The topological polar surface area (TPSA) is 29.5 Å². The van der Waals surface area contributed by atoms with Crippen LogP contribution < -0.4 is 4.90 Å². The van der Waals surface area contributed by atoms with E-state index in [9.17, 15) is 4.79 Å². The Morgan fingerprint density at radius 2 is 2.03 bits per heavy atom. The molecule has 0 aliphatic carbocycles. The van der Waals surface area contributed by atoms with E-state index in [1.165, 1.54) is 16.3 Å². The maximum atomic E-state index is 13.0. The Balaban J connectivity index is 1.87. The number of amides is 1. The van der Waals surface area contributed by atoms with Gasteiger partial charge < -0.3 is 9.64 Å². The van der Waals surface area contributed by atoms with Crippen LogP contribution in [0.1, 0.15) is 31.7 Å². The number of fused-ring (bicyclic) bond motifs is 3. The third-order valence-electron chi connectivity index (χ3n) is 5.29. The van der Waals surface area contributed by atoms with Crippen molar-refractivity contribution in [3.8, 4) is 0 Å². The molecule has 2 aromatic carbocycles. The van der Waals surface area contributed by atoms with Crippen LogP contribution in [0.2, 0.25) is 0 Å². The van der Waals surface area contributed by atoms with Crippen LogP contribution in [-0.2, 0) is 9.53 Å². The van der Waals surface area contributed by atoms with Crippen molar-refractivity contribution in [3.05, 3.63) is 77.9 Å². The molecule has 2 unspecified atom stereocenters. The van der Waals surface area contributed by atoms with E-state index < -0.39 is 0 Å². The number of rotatable bonds is 7. The van der Waals surface area contributed by atoms with Crippen molar-refractivity contribution >= 4 is 34.0 Å². The molecule has 0 fully saturated rings. The number of benzene rings is 2.